The van der Waals surface area contributed by atoms with Gasteiger partial charge in [-0.1, -0.05) is 41.4 Å². The molecule has 1 aliphatic carbocycles. The van der Waals surface area contributed by atoms with Crippen molar-refractivity contribution in [3.63, 3.8) is 0 Å². The summed E-state index contributed by atoms with van der Waals surface area (Å²) in [5, 5.41) is 8.67. The summed E-state index contributed by atoms with van der Waals surface area (Å²) in [6.07, 6.45) is 3.38. The lowest BCUT2D eigenvalue weighted by atomic mass is 9.89. The fourth-order valence-corrected chi connectivity index (χ4v) is 7.30. The van der Waals surface area contributed by atoms with Crippen LogP contribution in [-0.4, -0.2) is 42.5 Å². The van der Waals surface area contributed by atoms with Crippen LogP contribution in [0.3, 0.4) is 0 Å². The highest BCUT2D eigenvalue weighted by Gasteiger charge is 2.46. The van der Waals surface area contributed by atoms with E-state index >= 15 is 0 Å². The first-order valence-electron chi connectivity index (χ1n) is 11.6. The highest BCUT2D eigenvalue weighted by Crippen LogP contribution is 2.52. The van der Waals surface area contributed by atoms with Crippen LogP contribution in [0.25, 0.3) is 0 Å². The summed E-state index contributed by atoms with van der Waals surface area (Å²) in [6.45, 7) is 0.379. The zero-order valence-electron chi connectivity index (χ0n) is 19.5. The van der Waals surface area contributed by atoms with Crippen molar-refractivity contribution in [1.82, 2.24) is 9.97 Å². The summed E-state index contributed by atoms with van der Waals surface area (Å²) in [7, 11) is -3.82. The third-order valence-corrected chi connectivity index (χ3v) is 10.2. The molecule has 1 saturated heterocycles. The highest BCUT2D eigenvalue weighted by molar-refractivity contribution is 7.92. The molecular weight excluding hydrogens is 538 g/mol. The predicted octanol–water partition coefficient (Wildman–Crippen LogP) is 5.15. The molecule has 5 rings (SSSR count). The van der Waals surface area contributed by atoms with Gasteiger partial charge in [0.25, 0.3) is 0 Å². The maximum Gasteiger partial charge on any atom is 0.234 e. The molecule has 1 atom stereocenters. The maximum absolute atomic E-state index is 13.5. The smallest absolute Gasteiger partial charge is 0.234 e. The zero-order valence-corrected chi connectivity index (χ0v) is 21.8. The van der Waals surface area contributed by atoms with Gasteiger partial charge in [-0.05, 0) is 49.1 Å². The molecule has 190 valence electrons. The molecule has 0 unspecified atom stereocenters. The number of Topliss-reactive ketones (excluding diaryl/α,β-unsaturated/α-hetero) is 1. The minimum absolute atomic E-state index is 0.0252. The SMILES string of the molecule is N#Cc1ncc(C(=O)CC2(c3ccc(F)cc3)CC2)c(N2CC[C@H](S(=O)(=O)c3cccc(Cl)c3Cl)C2)n1. The number of ketones is 1. The van der Waals surface area contributed by atoms with Crippen molar-refractivity contribution in [3.05, 3.63) is 81.5 Å². The van der Waals surface area contributed by atoms with E-state index in [4.69, 9.17) is 23.2 Å². The van der Waals surface area contributed by atoms with Gasteiger partial charge in [-0.2, -0.15) is 5.26 Å². The first-order valence-corrected chi connectivity index (χ1v) is 13.9. The standard InChI is InChI=1S/C26H21Cl2FN4O3S/c27-20-2-1-3-22(24(20)28)37(35,36)18-8-11-33(15-18)25-19(14-31-23(13-30)32-25)21(34)12-26(9-10-26)16-4-6-17(29)7-5-16/h1-7,14,18H,8-12,15H2/t18-/m0/s1. The second-order valence-electron chi connectivity index (χ2n) is 9.38. The van der Waals surface area contributed by atoms with Crippen LogP contribution in [0.15, 0.2) is 53.6 Å². The second kappa shape index (κ2) is 9.67. The number of benzene rings is 2. The number of halogens is 3. The number of hydrogen-bond acceptors (Lipinski definition) is 7. The first-order chi connectivity index (χ1) is 17.6. The Balaban J connectivity index is 1.42. The molecule has 0 N–H and O–H groups in total. The molecule has 37 heavy (non-hydrogen) atoms. The van der Waals surface area contributed by atoms with Crippen LogP contribution in [0.2, 0.25) is 10.0 Å². The number of carbonyl (C=O) groups excluding carboxylic acids is 1. The number of carbonyl (C=O) groups is 1. The Morgan fingerprint density at radius 3 is 2.59 bits per heavy atom. The average Bonchev–Trinajstić information content (AvgIpc) is 3.48. The molecule has 0 radical (unpaired) electrons. The van der Waals surface area contributed by atoms with Crippen molar-refractivity contribution < 1.29 is 17.6 Å². The summed E-state index contributed by atoms with van der Waals surface area (Å²) in [5.74, 6) is -0.437. The lowest BCUT2D eigenvalue weighted by molar-refractivity contribution is 0.0969. The molecule has 1 aromatic heterocycles. The Hall–Kier alpha value is -3.06. The van der Waals surface area contributed by atoms with E-state index in [1.54, 1.807) is 17.0 Å². The zero-order chi connectivity index (χ0) is 26.4. The van der Waals surface area contributed by atoms with E-state index in [1.165, 1.54) is 36.5 Å². The summed E-state index contributed by atoms with van der Waals surface area (Å²) in [6, 6.07) is 12.5. The van der Waals surface area contributed by atoms with Crippen LogP contribution < -0.4 is 4.90 Å². The number of anilines is 1. The van der Waals surface area contributed by atoms with E-state index in [-0.39, 0.29) is 68.5 Å². The van der Waals surface area contributed by atoms with Crippen molar-refractivity contribution in [2.45, 2.75) is 41.2 Å². The van der Waals surface area contributed by atoms with E-state index < -0.39 is 15.1 Å². The molecule has 11 heteroatoms. The summed E-state index contributed by atoms with van der Waals surface area (Å²) < 4.78 is 40.1. The highest BCUT2D eigenvalue weighted by atomic mass is 35.5. The molecule has 0 bridgehead atoms. The fourth-order valence-electron chi connectivity index (χ4n) is 4.85. The third-order valence-electron chi connectivity index (χ3n) is 7.08. The monoisotopic (exact) mass is 558 g/mol. The lowest BCUT2D eigenvalue weighted by Crippen LogP contribution is -2.29. The topological polar surface area (TPSA) is 104 Å². The summed E-state index contributed by atoms with van der Waals surface area (Å²) >= 11 is 12.2. The van der Waals surface area contributed by atoms with Crippen molar-refractivity contribution in [1.29, 1.82) is 5.26 Å². The number of nitriles is 1. The van der Waals surface area contributed by atoms with Crippen molar-refractivity contribution >= 4 is 44.6 Å². The maximum atomic E-state index is 13.5. The van der Waals surface area contributed by atoms with Gasteiger partial charge in [-0.3, -0.25) is 4.79 Å². The molecule has 2 fully saturated rings. The summed E-state index contributed by atoms with van der Waals surface area (Å²) in [5.41, 5.74) is 0.742. The van der Waals surface area contributed by atoms with Gasteiger partial charge in [0.1, 0.15) is 17.7 Å². The van der Waals surface area contributed by atoms with Crippen LogP contribution in [-0.2, 0) is 15.3 Å². The third kappa shape index (κ3) is 4.81. The minimum atomic E-state index is -3.82. The average molecular weight is 559 g/mol. The number of rotatable bonds is 7. The van der Waals surface area contributed by atoms with E-state index in [0.29, 0.717) is 6.54 Å². The molecular formula is C26H21Cl2FN4O3S. The van der Waals surface area contributed by atoms with Crippen LogP contribution in [0, 0.1) is 17.1 Å². The van der Waals surface area contributed by atoms with Crippen LogP contribution in [0.1, 0.15) is 47.4 Å². The molecule has 2 aliphatic rings. The fraction of sp³-hybridized carbons (Fsp3) is 0.308. The predicted molar refractivity (Wildman–Crippen MR) is 137 cm³/mol. The molecule has 2 aromatic carbocycles. The number of nitrogens with zero attached hydrogens (tertiary/aromatic N) is 4. The van der Waals surface area contributed by atoms with Gasteiger partial charge in [0.2, 0.25) is 5.82 Å². The lowest BCUT2D eigenvalue weighted by Gasteiger charge is -2.22. The van der Waals surface area contributed by atoms with Crippen molar-refractivity contribution in [3.8, 4) is 6.07 Å². The van der Waals surface area contributed by atoms with Crippen LogP contribution >= 0.6 is 23.2 Å². The Bertz CT molecular complexity index is 1540. The molecule has 0 spiro atoms. The van der Waals surface area contributed by atoms with Gasteiger partial charge < -0.3 is 4.90 Å². The minimum Gasteiger partial charge on any atom is -0.355 e. The molecule has 1 aliphatic heterocycles. The molecule has 3 aromatic rings. The van der Waals surface area contributed by atoms with Gasteiger partial charge >= 0.3 is 0 Å². The Morgan fingerprint density at radius 1 is 1.19 bits per heavy atom. The van der Waals surface area contributed by atoms with Gasteiger partial charge in [-0.15, -0.1) is 0 Å². The number of sulfone groups is 1. The van der Waals surface area contributed by atoms with Crippen molar-refractivity contribution in [2.75, 3.05) is 18.0 Å². The molecule has 1 saturated carbocycles. The normalized spacial score (nSPS) is 18.4. The van der Waals surface area contributed by atoms with Crippen LogP contribution in [0.5, 0.6) is 0 Å². The largest absolute Gasteiger partial charge is 0.355 e. The summed E-state index contributed by atoms with van der Waals surface area (Å²) in [4.78, 5) is 23.4. The molecule has 0 amide bonds. The van der Waals surface area contributed by atoms with E-state index in [0.717, 1.165) is 18.4 Å². The molecule has 2 heterocycles. The van der Waals surface area contributed by atoms with E-state index in [9.17, 15) is 22.9 Å². The van der Waals surface area contributed by atoms with Gasteiger partial charge in [0, 0.05) is 31.1 Å². The number of hydrogen-bond donors (Lipinski definition) is 0. The van der Waals surface area contributed by atoms with Gasteiger partial charge in [0.05, 0.1) is 25.8 Å². The van der Waals surface area contributed by atoms with E-state index in [1.807, 2.05) is 6.07 Å². The Kier molecular flexibility index (Phi) is 6.69. The Labute approximate surface area is 223 Å². The van der Waals surface area contributed by atoms with Crippen LogP contribution in [0.4, 0.5) is 10.2 Å². The van der Waals surface area contributed by atoms with Crippen molar-refractivity contribution in [2.24, 2.45) is 0 Å². The van der Waals surface area contributed by atoms with Gasteiger partial charge in [-0.25, -0.2) is 22.8 Å². The molecule has 7 nitrogen and oxygen atoms in total. The Morgan fingerprint density at radius 2 is 1.92 bits per heavy atom. The van der Waals surface area contributed by atoms with Gasteiger partial charge in [0.15, 0.2) is 15.6 Å². The number of aromatic nitrogens is 2. The second-order valence-corrected chi connectivity index (χ2v) is 12.4. The first kappa shape index (κ1) is 25.6. The quantitative estimate of drug-likeness (QED) is 0.369. The van der Waals surface area contributed by atoms with E-state index in [2.05, 4.69) is 9.97 Å².